The molecule has 2 N–H and O–H groups in total. The molecule has 1 aliphatic rings. The molecule has 3 unspecified atom stereocenters. The Morgan fingerprint density at radius 2 is 1.83 bits per heavy atom. The number of hydrogen-bond acceptors (Lipinski definition) is 2. The zero-order chi connectivity index (χ0) is 16.4. The third kappa shape index (κ3) is 2.98. The van der Waals surface area contributed by atoms with Crippen molar-refractivity contribution >= 4 is 16.7 Å². The van der Waals surface area contributed by atoms with Gasteiger partial charge in [0.1, 0.15) is 0 Å². The standard InChI is InChI=1S/C20H26N2O/c1-3-22(4-2)19(17-11-12-18(17)20(21)23)16-10-9-14-7-5-6-8-15(14)13-16/h5-10,13,17-19H,3-4,11-12H2,1-2H3,(H2,21,23). The van der Waals surface area contributed by atoms with Crippen LogP contribution in [0.3, 0.4) is 0 Å². The number of primary amides is 1. The predicted molar refractivity (Wildman–Crippen MR) is 95.0 cm³/mol. The smallest absolute Gasteiger partial charge is 0.220 e. The van der Waals surface area contributed by atoms with Crippen molar-refractivity contribution in [1.82, 2.24) is 4.90 Å². The van der Waals surface area contributed by atoms with Gasteiger partial charge in [0.25, 0.3) is 0 Å². The summed E-state index contributed by atoms with van der Waals surface area (Å²) in [4.78, 5) is 14.2. The van der Waals surface area contributed by atoms with Crippen LogP contribution in [0.2, 0.25) is 0 Å². The number of carbonyl (C=O) groups excluding carboxylic acids is 1. The summed E-state index contributed by atoms with van der Waals surface area (Å²) in [7, 11) is 0. The molecule has 3 rings (SSSR count). The number of amides is 1. The van der Waals surface area contributed by atoms with Gasteiger partial charge in [0.15, 0.2) is 0 Å². The highest BCUT2D eigenvalue weighted by Crippen LogP contribution is 2.46. The summed E-state index contributed by atoms with van der Waals surface area (Å²) in [6, 6.07) is 15.4. The quantitative estimate of drug-likeness (QED) is 0.883. The first-order valence-electron chi connectivity index (χ1n) is 8.67. The zero-order valence-corrected chi connectivity index (χ0v) is 14.0. The number of nitrogens with zero attached hydrogens (tertiary/aromatic N) is 1. The molecule has 3 atom stereocenters. The first kappa shape index (κ1) is 16.0. The van der Waals surface area contributed by atoms with E-state index >= 15 is 0 Å². The van der Waals surface area contributed by atoms with Crippen molar-refractivity contribution in [1.29, 1.82) is 0 Å². The lowest BCUT2D eigenvalue weighted by Crippen LogP contribution is -2.46. The highest BCUT2D eigenvalue weighted by atomic mass is 16.1. The minimum atomic E-state index is -0.140. The van der Waals surface area contributed by atoms with Gasteiger partial charge in [-0.05, 0) is 54.3 Å². The number of carbonyl (C=O) groups is 1. The van der Waals surface area contributed by atoms with Gasteiger partial charge in [0.05, 0.1) is 0 Å². The second-order valence-electron chi connectivity index (χ2n) is 6.52. The maximum atomic E-state index is 11.7. The lowest BCUT2D eigenvalue weighted by atomic mass is 9.67. The second kappa shape index (κ2) is 6.71. The normalized spacial score (nSPS) is 22.0. The van der Waals surface area contributed by atoms with E-state index in [1.54, 1.807) is 0 Å². The van der Waals surface area contributed by atoms with Gasteiger partial charge in [-0.15, -0.1) is 0 Å². The Bertz CT molecular complexity index is 693. The van der Waals surface area contributed by atoms with Crippen molar-refractivity contribution in [3.63, 3.8) is 0 Å². The van der Waals surface area contributed by atoms with E-state index in [0.717, 1.165) is 25.9 Å². The topological polar surface area (TPSA) is 46.3 Å². The fraction of sp³-hybridized carbons (Fsp3) is 0.450. The molecule has 0 radical (unpaired) electrons. The van der Waals surface area contributed by atoms with E-state index in [1.165, 1.54) is 16.3 Å². The van der Waals surface area contributed by atoms with E-state index < -0.39 is 0 Å². The van der Waals surface area contributed by atoms with Gasteiger partial charge in [-0.3, -0.25) is 9.69 Å². The van der Waals surface area contributed by atoms with Gasteiger partial charge >= 0.3 is 0 Å². The molecule has 0 bridgehead atoms. The van der Waals surface area contributed by atoms with E-state index in [0.29, 0.717) is 5.92 Å². The Morgan fingerprint density at radius 3 is 2.39 bits per heavy atom. The van der Waals surface area contributed by atoms with Crippen molar-refractivity contribution in [3.05, 3.63) is 48.0 Å². The summed E-state index contributed by atoms with van der Waals surface area (Å²) >= 11 is 0. The average molecular weight is 310 g/mol. The van der Waals surface area contributed by atoms with Crippen LogP contribution in [0, 0.1) is 11.8 Å². The van der Waals surface area contributed by atoms with Crippen LogP contribution in [0.25, 0.3) is 10.8 Å². The maximum absolute atomic E-state index is 11.7. The first-order chi connectivity index (χ1) is 11.2. The van der Waals surface area contributed by atoms with Crippen molar-refractivity contribution in [2.45, 2.75) is 32.7 Å². The summed E-state index contributed by atoms with van der Waals surface area (Å²) in [5, 5.41) is 2.52. The third-order valence-electron chi connectivity index (χ3n) is 5.42. The van der Waals surface area contributed by atoms with Gasteiger partial charge in [-0.25, -0.2) is 0 Å². The maximum Gasteiger partial charge on any atom is 0.220 e. The number of hydrogen-bond donors (Lipinski definition) is 1. The molecule has 1 amide bonds. The van der Waals surface area contributed by atoms with Crippen molar-refractivity contribution in [2.75, 3.05) is 13.1 Å². The van der Waals surface area contributed by atoms with Gasteiger partial charge in [-0.2, -0.15) is 0 Å². The SMILES string of the molecule is CCN(CC)C(c1ccc2ccccc2c1)C1CCC1C(N)=O. The Kier molecular flexibility index (Phi) is 4.67. The van der Waals surface area contributed by atoms with E-state index in [1.807, 2.05) is 0 Å². The molecule has 0 aromatic heterocycles. The monoisotopic (exact) mass is 310 g/mol. The molecule has 1 aliphatic carbocycles. The number of fused-ring (bicyclic) bond motifs is 1. The van der Waals surface area contributed by atoms with E-state index in [2.05, 4.69) is 61.2 Å². The molecular formula is C20H26N2O. The molecule has 1 fully saturated rings. The molecule has 2 aromatic carbocycles. The molecule has 0 heterocycles. The lowest BCUT2D eigenvalue weighted by molar-refractivity contribution is -0.129. The molecule has 23 heavy (non-hydrogen) atoms. The van der Waals surface area contributed by atoms with Gasteiger partial charge in [0.2, 0.25) is 5.91 Å². The van der Waals surface area contributed by atoms with Crippen molar-refractivity contribution in [2.24, 2.45) is 17.6 Å². The molecule has 2 aromatic rings. The van der Waals surface area contributed by atoms with Crippen LogP contribution in [0.4, 0.5) is 0 Å². The van der Waals surface area contributed by atoms with Gasteiger partial charge < -0.3 is 5.73 Å². The van der Waals surface area contributed by atoms with Crippen LogP contribution in [0.1, 0.15) is 38.3 Å². The van der Waals surface area contributed by atoms with Crippen LogP contribution in [-0.2, 0) is 4.79 Å². The van der Waals surface area contributed by atoms with Gasteiger partial charge in [0, 0.05) is 12.0 Å². The Hall–Kier alpha value is -1.87. The van der Waals surface area contributed by atoms with Crippen molar-refractivity contribution in [3.8, 4) is 0 Å². The largest absolute Gasteiger partial charge is 0.369 e. The average Bonchev–Trinajstić information content (AvgIpc) is 2.53. The van der Waals surface area contributed by atoms with Crippen LogP contribution in [0.15, 0.2) is 42.5 Å². The molecule has 3 nitrogen and oxygen atoms in total. The highest BCUT2D eigenvalue weighted by molar-refractivity contribution is 5.83. The molecule has 3 heteroatoms. The van der Waals surface area contributed by atoms with Crippen LogP contribution in [0.5, 0.6) is 0 Å². The van der Waals surface area contributed by atoms with E-state index in [-0.39, 0.29) is 17.9 Å². The minimum Gasteiger partial charge on any atom is -0.369 e. The Balaban J connectivity index is 2.00. The van der Waals surface area contributed by atoms with E-state index in [9.17, 15) is 4.79 Å². The molecule has 122 valence electrons. The fourth-order valence-electron chi connectivity index (χ4n) is 3.99. The van der Waals surface area contributed by atoms with Gasteiger partial charge in [-0.1, -0.05) is 50.2 Å². The number of rotatable bonds is 6. The summed E-state index contributed by atoms with van der Waals surface area (Å²) in [5.74, 6) is 0.222. The summed E-state index contributed by atoms with van der Waals surface area (Å²) in [5.41, 5.74) is 6.93. The molecule has 0 saturated heterocycles. The van der Waals surface area contributed by atoms with E-state index in [4.69, 9.17) is 5.73 Å². The summed E-state index contributed by atoms with van der Waals surface area (Å²) in [6.07, 6.45) is 2.02. The van der Waals surface area contributed by atoms with Crippen LogP contribution < -0.4 is 5.73 Å². The number of nitrogens with two attached hydrogens (primary N) is 1. The van der Waals surface area contributed by atoms with Crippen LogP contribution in [-0.4, -0.2) is 23.9 Å². The molecule has 1 saturated carbocycles. The third-order valence-corrected chi connectivity index (χ3v) is 5.42. The van der Waals surface area contributed by atoms with Crippen LogP contribution >= 0.6 is 0 Å². The van der Waals surface area contributed by atoms with Crippen molar-refractivity contribution < 1.29 is 4.79 Å². The Morgan fingerprint density at radius 1 is 1.13 bits per heavy atom. The first-order valence-corrected chi connectivity index (χ1v) is 8.67. The number of benzene rings is 2. The predicted octanol–water partition coefficient (Wildman–Crippen LogP) is 3.73. The molecule has 0 spiro atoms. The Labute approximate surface area is 138 Å². The highest BCUT2D eigenvalue weighted by Gasteiger charge is 2.42. The second-order valence-corrected chi connectivity index (χ2v) is 6.52. The summed E-state index contributed by atoms with van der Waals surface area (Å²) < 4.78 is 0. The lowest BCUT2D eigenvalue weighted by Gasteiger charge is -2.45. The molecular weight excluding hydrogens is 284 g/mol. The molecule has 0 aliphatic heterocycles. The summed E-state index contributed by atoms with van der Waals surface area (Å²) in [6.45, 7) is 6.34. The zero-order valence-electron chi connectivity index (χ0n) is 14.0. The minimum absolute atomic E-state index is 0.0204. The fourth-order valence-corrected chi connectivity index (χ4v) is 3.99.